The van der Waals surface area contributed by atoms with Crippen LogP contribution in [0.5, 0.6) is 0 Å². The Bertz CT molecular complexity index is 426. The number of anilines is 1. The van der Waals surface area contributed by atoms with Crippen LogP contribution in [0.2, 0.25) is 0 Å². The molecule has 2 rings (SSSR count). The van der Waals surface area contributed by atoms with E-state index < -0.39 is 0 Å². The van der Waals surface area contributed by atoms with Gasteiger partial charge >= 0.3 is 0 Å². The molecule has 0 aliphatic carbocycles. The molecule has 4 N–H and O–H groups in total. The maximum Gasteiger partial charge on any atom is 0.238 e. The molecule has 5 nitrogen and oxygen atoms in total. The summed E-state index contributed by atoms with van der Waals surface area (Å²) >= 11 is 6.57. The van der Waals surface area contributed by atoms with Crippen LogP contribution in [0.3, 0.4) is 0 Å². The Morgan fingerprint density at radius 1 is 1.65 bits per heavy atom. The van der Waals surface area contributed by atoms with Gasteiger partial charge in [0.2, 0.25) is 5.91 Å². The minimum atomic E-state index is -0.00329. The van der Waals surface area contributed by atoms with E-state index in [-0.39, 0.29) is 16.1 Å². The van der Waals surface area contributed by atoms with E-state index in [1.54, 1.807) is 11.8 Å². The summed E-state index contributed by atoms with van der Waals surface area (Å²) in [6.45, 7) is 0. The van der Waals surface area contributed by atoms with Crippen LogP contribution in [0.15, 0.2) is 6.20 Å². The molecule has 1 aliphatic rings. The average Bonchev–Trinajstić information content (AvgIpc) is 2.78. The lowest BCUT2D eigenvalue weighted by atomic mass is 10.2. The molecule has 0 aromatic carbocycles. The van der Waals surface area contributed by atoms with Gasteiger partial charge in [0.25, 0.3) is 0 Å². The number of thioether (sulfide) groups is 1. The molecule has 0 saturated carbocycles. The van der Waals surface area contributed by atoms with Crippen molar-refractivity contribution in [3.05, 3.63) is 11.8 Å². The molecule has 92 valence electrons. The van der Waals surface area contributed by atoms with E-state index in [4.69, 9.17) is 18.0 Å². The summed E-state index contributed by atoms with van der Waals surface area (Å²) < 4.78 is 0. The van der Waals surface area contributed by atoms with Crippen LogP contribution >= 0.6 is 24.0 Å². The van der Waals surface area contributed by atoms with Gasteiger partial charge in [-0.25, -0.2) is 0 Å². The zero-order valence-corrected chi connectivity index (χ0v) is 10.9. The second-order valence-corrected chi connectivity index (χ2v) is 5.62. The molecule has 1 aromatic heterocycles. The van der Waals surface area contributed by atoms with Gasteiger partial charge < -0.3 is 11.1 Å². The number of hydrogen-bond donors (Lipinski definition) is 3. The zero-order valence-electron chi connectivity index (χ0n) is 9.23. The highest BCUT2D eigenvalue weighted by molar-refractivity contribution is 8.00. The number of thiocarbonyl (C=S) groups is 1. The van der Waals surface area contributed by atoms with Crippen molar-refractivity contribution in [2.24, 2.45) is 5.73 Å². The highest BCUT2D eigenvalue weighted by atomic mass is 32.2. The maximum atomic E-state index is 12.0. The molecule has 1 atom stereocenters. The van der Waals surface area contributed by atoms with E-state index in [1.807, 2.05) is 0 Å². The van der Waals surface area contributed by atoms with E-state index in [0.717, 1.165) is 18.6 Å². The first-order valence-electron chi connectivity index (χ1n) is 5.44. The molecule has 1 saturated heterocycles. The van der Waals surface area contributed by atoms with Crippen molar-refractivity contribution in [3.63, 3.8) is 0 Å². The van der Waals surface area contributed by atoms with Crippen LogP contribution in [-0.2, 0) is 4.79 Å². The number of nitrogens with two attached hydrogens (primary N) is 1. The minimum absolute atomic E-state index is 0.00329. The lowest BCUT2D eigenvalue weighted by Crippen LogP contribution is -2.28. The largest absolute Gasteiger partial charge is 0.389 e. The quantitative estimate of drug-likeness (QED) is 0.720. The molecule has 0 radical (unpaired) electrons. The number of hydrogen-bond acceptors (Lipinski definition) is 4. The summed E-state index contributed by atoms with van der Waals surface area (Å²) in [6, 6.07) is 0. The van der Waals surface area contributed by atoms with Gasteiger partial charge in [-0.2, -0.15) is 5.10 Å². The van der Waals surface area contributed by atoms with Crippen LogP contribution in [-0.4, -0.2) is 32.1 Å². The molecule has 1 aromatic rings. The normalized spacial score (nSPS) is 19.9. The standard InChI is InChI=1S/C10H14N4OS2/c11-8(16)6-5-12-14-9(6)13-10(15)7-3-1-2-4-17-7/h5,7H,1-4H2,(H2,11,16)(H2,12,13,14,15). The number of carbonyl (C=O) groups excluding carboxylic acids is 1. The maximum absolute atomic E-state index is 12.0. The molecule has 1 amide bonds. The average molecular weight is 270 g/mol. The van der Waals surface area contributed by atoms with Gasteiger partial charge in [0, 0.05) is 0 Å². The van der Waals surface area contributed by atoms with Crippen molar-refractivity contribution in [1.82, 2.24) is 10.2 Å². The lowest BCUT2D eigenvalue weighted by Gasteiger charge is -2.20. The zero-order chi connectivity index (χ0) is 12.3. The SMILES string of the molecule is NC(=S)c1cn[nH]c1NC(=O)C1CCCCS1. The van der Waals surface area contributed by atoms with Crippen molar-refractivity contribution in [2.45, 2.75) is 24.5 Å². The number of rotatable bonds is 3. The Hall–Kier alpha value is -1.08. The fourth-order valence-corrected chi connectivity index (χ4v) is 3.07. The molecule has 2 heterocycles. The highest BCUT2D eigenvalue weighted by Gasteiger charge is 2.23. The van der Waals surface area contributed by atoms with E-state index >= 15 is 0 Å². The van der Waals surface area contributed by atoms with Crippen LogP contribution in [0, 0.1) is 0 Å². The summed E-state index contributed by atoms with van der Waals surface area (Å²) in [6.07, 6.45) is 4.74. The van der Waals surface area contributed by atoms with Crippen LogP contribution in [0.4, 0.5) is 5.82 Å². The minimum Gasteiger partial charge on any atom is -0.389 e. The molecule has 7 heteroatoms. The van der Waals surface area contributed by atoms with E-state index in [0.29, 0.717) is 11.4 Å². The third-order valence-corrected chi connectivity index (χ3v) is 4.22. The van der Waals surface area contributed by atoms with E-state index in [2.05, 4.69) is 15.5 Å². The predicted molar refractivity (Wildman–Crippen MR) is 73.2 cm³/mol. The fraction of sp³-hybridized carbons (Fsp3) is 0.500. The first kappa shape index (κ1) is 12.4. The topological polar surface area (TPSA) is 83.8 Å². The van der Waals surface area contributed by atoms with Gasteiger partial charge in [-0.1, -0.05) is 18.6 Å². The van der Waals surface area contributed by atoms with Crippen molar-refractivity contribution in [3.8, 4) is 0 Å². The fourth-order valence-electron chi connectivity index (χ4n) is 1.72. The summed E-state index contributed by atoms with van der Waals surface area (Å²) in [4.78, 5) is 12.2. The van der Waals surface area contributed by atoms with Gasteiger partial charge in [-0.05, 0) is 18.6 Å². The Labute approximate surface area is 109 Å². The Balaban J connectivity index is 2.02. The van der Waals surface area contributed by atoms with Crippen molar-refractivity contribution >= 4 is 40.7 Å². The third kappa shape index (κ3) is 2.98. The summed E-state index contributed by atoms with van der Waals surface area (Å²) in [7, 11) is 0. The predicted octanol–water partition coefficient (Wildman–Crippen LogP) is 1.27. The Morgan fingerprint density at radius 3 is 3.12 bits per heavy atom. The molecule has 17 heavy (non-hydrogen) atoms. The van der Waals surface area contributed by atoms with Gasteiger partial charge in [0.05, 0.1) is 17.0 Å². The molecule has 1 aliphatic heterocycles. The molecule has 0 bridgehead atoms. The van der Waals surface area contributed by atoms with Crippen molar-refractivity contribution in [1.29, 1.82) is 0 Å². The first-order chi connectivity index (χ1) is 8.18. The van der Waals surface area contributed by atoms with Gasteiger partial charge in [0.15, 0.2) is 0 Å². The molecular weight excluding hydrogens is 256 g/mol. The smallest absolute Gasteiger partial charge is 0.238 e. The van der Waals surface area contributed by atoms with Crippen LogP contribution in [0.1, 0.15) is 24.8 Å². The number of H-pyrrole nitrogens is 1. The van der Waals surface area contributed by atoms with E-state index in [1.165, 1.54) is 12.6 Å². The first-order valence-corrected chi connectivity index (χ1v) is 6.90. The lowest BCUT2D eigenvalue weighted by molar-refractivity contribution is -0.115. The second kappa shape index (κ2) is 5.50. The number of aromatic amines is 1. The van der Waals surface area contributed by atoms with Crippen LogP contribution < -0.4 is 11.1 Å². The van der Waals surface area contributed by atoms with Gasteiger partial charge in [-0.15, -0.1) is 11.8 Å². The third-order valence-electron chi connectivity index (χ3n) is 2.63. The molecule has 0 spiro atoms. The molecule has 1 fully saturated rings. The van der Waals surface area contributed by atoms with Gasteiger partial charge in [0.1, 0.15) is 10.8 Å². The van der Waals surface area contributed by atoms with Crippen molar-refractivity contribution in [2.75, 3.05) is 11.1 Å². The van der Waals surface area contributed by atoms with Crippen molar-refractivity contribution < 1.29 is 4.79 Å². The molecular formula is C10H14N4OS2. The highest BCUT2D eigenvalue weighted by Crippen LogP contribution is 2.26. The monoisotopic (exact) mass is 270 g/mol. The number of nitrogens with zero attached hydrogens (tertiary/aromatic N) is 1. The molecule has 1 unspecified atom stereocenters. The summed E-state index contributed by atoms with van der Waals surface area (Å²) in [5, 5.41) is 9.34. The van der Waals surface area contributed by atoms with Gasteiger partial charge in [-0.3, -0.25) is 9.89 Å². The number of carbonyl (C=O) groups is 1. The number of amides is 1. The Morgan fingerprint density at radius 2 is 2.47 bits per heavy atom. The van der Waals surface area contributed by atoms with Crippen LogP contribution in [0.25, 0.3) is 0 Å². The summed E-state index contributed by atoms with van der Waals surface area (Å²) in [5.41, 5.74) is 6.11. The Kier molecular flexibility index (Phi) is 4.01. The summed E-state index contributed by atoms with van der Waals surface area (Å²) in [5.74, 6) is 1.54. The second-order valence-electron chi connectivity index (χ2n) is 3.87. The number of aromatic nitrogens is 2. The number of nitrogens with one attached hydrogen (secondary N) is 2. The van der Waals surface area contributed by atoms with E-state index in [9.17, 15) is 4.79 Å².